The molecule has 2 heterocycles. The molecule has 31 heavy (non-hydrogen) atoms. The molecular weight excluding hydrogens is 412 g/mol. The summed E-state index contributed by atoms with van der Waals surface area (Å²) >= 11 is 0. The highest BCUT2D eigenvalue weighted by Crippen LogP contribution is 2.52. The fourth-order valence-corrected chi connectivity index (χ4v) is 4.29. The molecule has 0 saturated carbocycles. The number of nitrogens with one attached hydrogen (secondary N) is 1. The Labute approximate surface area is 178 Å². The number of rotatable bonds is 7. The van der Waals surface area contributed by atoms with Crippen molar-refractivity contribution < 1.29 is 33.4 Å². The van der Waals surface area contributed by atoms with E-state index in [9.17, 15) is 33.4 Å². The number of fused-ring (bicyclic) bond motifs is 1. The summed E-state index contributed by atoms with van der Waals surface area (Å²) in [5, 5.41) is 22.3. The first-order valence-electron chi connectivity index (χ1n) is 10.2. The van der Waals surface area contributed by atoms with Crippen LogP contribution in [0.5, 0.6) is 5.75 Å². The van der Waals surface area contributed by atoms with Crippen LogP contribution in [0.25, 0.3) is 0 Å². The molecule has 8 nitrogen and oxygen atoms in total. The molecule has 2 aliphatic rings. The van der Waals surface area contributed by atoms with Crippen LogP contribution in [0.15, 0.2) is 18.2 Å². The molecule has 0 aromatic heterocycles. The summed E-state index contributed by atoms with van der Waals surface area (Å²) in [4.78, 5) is 39.4. The number of alkyl halides is 2. The monoisotopic (exact) mass is 439 g/mol. The minimum Gasteiger partial charge on any atom is -0.508 e. The van der Waals surface area contributed by atoms with Crippen LogP contribution in [0.3, 0.4) is 0 Å². The second-order valence-corrected chi connectivity index (χ2v) is 8.24. The van der Waals surface area contributed by atoms with Gasteiger partial charge in [0.25, 0.3) is 17.7 Å². The number of hydrogen-bond donors (Lipinski definition) is 3. The van der Waals surface area contributed by atoms with Crippen molar-refractivity contribution in [2.24, 2.45) is 0 Å². The molecule has 2 unspecified atom stereocenters. The summed E-state index contributed by atoms with van der Waals surface area (Å²) in [5.74, 6) is -5.64. The summed E-state index contributed by atoms with van der Waals surface area (Å²) in [6.07, 6.45) is -0.492. The maximum Gasteiger partial charge on any atom is 0.290 e. The topological polar surface area (TPSA) is 110 Å². The van der Waals surface area contributed by atoms with Crippen LogP contribution in [0.4, 0.5) is 8.78 Å². The van der Waals surface area contributed by atoms with Gasteiger partial charge in [-0.05, 0) is 32.4 Å². The van der Waals surface area contributed by atoms with E-state index in [0.717, 1.165) is 16.2 Å². The van der Waals surface area contributed by atoms with E-state index in [1.165, 1.54) is 32.0 Å². The number of hydrogen-bond acceptors (Lipinski definition) is 5. The van der Waals surface area contributed by atoms with E-state index < -0.39 is 54.4 Å². The Kier molecular flexibility index (Phi) is 5.96. The molecule has 2 saturated heterocycles. The number of amides is 3. The third kappa shape index (κ3) is 3.52. The lowest BCUT2D eigenvalue weighted by molar-refractivity contribution is -0.190. The summed E-state index contributed by atoms with van der Waals surface area (Å²) < 4.78 is 29.6. The quantitative estimate of drug-likeness (QED) is 0.550. The fourth-order valence-electron chi connectivity index (χ4n) is 4.29. The third-order valence-corrected chi connectivity index (χ3v) is 6.32. The van der Waals surface area contributed by atoms with Gasteiger partial charge in [0.15, 0.2) is 0 Å². The van der Waals surface area contributed by atoms with E-state index in [2.05, 4.69) is 5.32 Å². The van der Waals surface area contributed by atoms with Crippen LogP contribution in [-0.4, -0.2) is 81.0 Å². The second kappa shape index (κ2) is 8.07. The first kappa shape index (κ1) is 22.9. The number of carbonyl (C=O) groups is 3. The highest BCUT2D eigenvalue weighted by molar-refractivity contribution is 5.98. The first-order chi connectivity index (χ1) is 14.5. The number of phenolic OH excluding ortho intramolecular Hbond substituents is 1. The van der Waals surface area contributed by atoms with Crippen molar-refractivity contribution >= 4 is 17.7 Å². The van der Waals surface area contributed by atoms with E-state index in [0.29, 0.717) is 12.0 Å². The zero-order chi connectivity index (χ0) is 23.1. The van der Waals surface area contributed by atoms with Gasteiger partial charge in [-0.1, -0.05) is 19.4 Å². The minimum atomic E-state index is -3.32. The first-order valence-corrected chi connectivity index (χ1v) is 10.2. The average molecular weight is 439 g/mol. The number of benzene rings is 1. The number of unbranched alkanes of at least 4 members (excludes halogenated alkanes) is 1. The Morgan fingerprint density at radius 3 is 2.68 bits per heavy atom. The zero-order valence-electron chi connectivity index (χ0n) is 17.7. The highest BCUT2D eigenvalue weighted by Gasteiger charge is 2.77. The van der Waals surface area contributed by atoms with E-state index in [1.807, 2.05) is 6.92 Å². The van der Waals surface area contributed by atoms with E-state index in [1.54, 1.807) is 0 Å². The van der Waals surface area contributed by atoms with Crippen molar-refractivity contribution in [3.63, 3.8) is 0 Å². The lowest BCUT2D eigenvalue weighted by atomic mass is 9.78. The summed E-state index contributed by atoms with van der Waals surface area (Å²) in [6, 6.07) is 3.00. The van der Waals surface area contributed by atoms with Gasteiger partial charge in [-0.15, -0.1) is 0 Å². The Morgan fingerprint density at radius 2 is 2.03 bits per heavy atom. The number of β-lactam (4-membered cyclic amide) rings is 1. The van der Waals surface area contributed by atoms with Crippen LogP contribution in [-0.2, 0) is 9.59 Å². The fraction of sp³-hybridized carbons (Fsp3) is 0.571. The maximum absolute atomic E-state index is 14.8. The van der Waals surface area contributed by atoms with Crippen molar-refractivity contribution in [3.05, 3.63) is 29.3 Å². The number of nitrogens with zero attached hydrogens (tertiary/aromatic N) is 2. The number of phenols is 1. The lowest BCUT2D eigenvalue weighted by Crippen LogP contribution is -2.78. The van der Waals surface area contributed by atoms with Crippen LogP contribution >= 0.6 is 0 Å². The molecule has 10 heteroatoms. The Hall–Kier alpha value is -2.75. The predicted molar refractivity (Wildman–Crippen MR) is 107 cm³/mol. The minimum absolute atomic E-state index is 0.0843. The molecule has 0 radical (unpaired) electrons. The Bertz CT molecular complexity index is 909. The van der Waals surface area contributed by atoms with E-state index in [-0.39, 0.29) is 17.9 Å². The van der Waals surface area contributed by atoms with Gasteiger partial charge in [-0.25, -0.2) is 8.78 Å². The number of aromatic hydroxyl groups is 1. The van der Waals surface area contributed by atoms with Gasteiger partial charge < -0.3 is 25.3 Å². The lowest BCUT2D eigenvalue weighted by Gasteiger charge is -2.54. The van der Waals surface area contributed by atoms with Gasteiger partial charge in [-0.2, -0.15) is 0 Å². The molecule has 3 atom stereocenters. The number of halogens is 2. The molecule has 0 spiro atoms. The van der Waals surface area contributed by atoms with Gasteiger partial charge in [0, 0.05) is 17.7 Å². The van der Waals surface area contributed by atoms with Crippen molar-refractivity contribution in [3.8, 4) is 5.75 Å². The molecule has 2 aliphatic heterocycles. The molecule has 3 N–H and O–H groups in total. The maximum atomic E-state index is 14.8. The molecule has 1 aromatic rings. The largest absolute Gasteiger partial charge is 0.508 e. The highest BCUT2D eigenvalue weighted by atomic mass is 19.3. The van der Waals surface area contributed by atoms with Gasteiger partial charge in [0.05, 0.1) is 13.1 Å². The second-order valence-electron chi connectivity index (χ2n) is 8.24. The van der Waals surface area contributed by atoms with E-state index in [4.69, 9.17) is 0 Å². The average Bonchev–Trinajstić information content (AvgIpc) is 2.91. The smallest absolute Gasteiger partial charge is 0.290 e. The SMILES string of the molecule is CCCCN1C(=O)C2N(C(=O)[C@@H](O)CNC(=O)c3cccc(O)c3C)CC(F)(F)C21C. The van der Waals surface area contributed by atoms with Gasteiger partial charge in [0.1, 0.15) is 23.4 Å². The van der Waals surface area contributed by atoms with Crippen molar-refractivity contribution in [1.82, 2.24) is 15.1 Å². The van der Waals surface area contributed by atoms with Crippen LogP contribution in [0.1, 0.15) is 42.6 Å². The summed E-state index contributed by atoms with van der Waals surface area (Å²) in [7, 11) is 0. The predicted octanol–water partition coefficient (Wildman–Crippen LogP) is 1.04. The number of aliphatic hydroxyl groups excluding tert-OH is 1. The van der Waals surface area contributed by atoms with Crippen molar-refractivity contribution in [2.75, 3.05) is 19.6 Å². The van der Waals surface area contributed by atoms with Crippen molar-refractivity contribution in [1.29, 1.82) is 0 Å². The number of likely N-dealkylation sites (tertiary alicyclic amines) is 2. The Morgan fingerprint density at radius 1 is 1.35 bits per heavy atom. The van der Waals surface area contributed by atoms with Gasteiger partial charge in [0.2, 0.25) is 5.91 Å². The standard InChI is InChI=1S/C21H27F2N3O5/c1-4-5-9-26-19(31)16-20(26,3)21(22,23)11-25(16)18(30)15(28)10-24-17(29)13-7-6-8-14(27)12(13)2/h6-8,15-16,27-28H,4-5,9-11H2,1-3H3,(H,24,29)/t15-,16?,20?/m0/s1. The molecule has 1 aromatic carbocycles. The molecule has 0 aliphatic carbocycles. The third-order valence-electron chi connectivity index (χ3n) is 6.32. The molecular formula is C21H27F2N3O5. The Balaban J connectivity index is 1.68. The molecule has 3 amide bonds. The molecule has 0 bridgehead atoms. The molecule has 3 rings (SSSR count). The number of aliphatic hydroxyl groups is 1. The van der Waals surface area contributed by atoms with E-state index >= 15 is 0 Å². The summed E-state index contributed by atoms with van der Waals surface area (Å²) in [5.41, 5.74) is -1.33. The summed E-state index contributed by atoms with van der Waals surface area (Å²) in [6.45, 7) is 3.37. The van der Waals surface area contributed by atoms with Crippen LogP contribution < -0.4 is 5.32 Å². The zero-order valence-corrected chi connectivity index (χ0v) is 17.7. The van der Waals surface area contributed by atoms with Gasteiger partial charge in [-0.3, -0.25) is 14.4 Å². The van der Waals surface area contributed by atoms with Gasteiger partial charge >= 0.3 is 0 Å². The number of carbonyl (C=O) groups excluding carboxylic acids is 3. The normalized spacial score (nSPS) is 25.1. The van der Waals surface area contributed by atoms with Crippen molar-refractivity contribution in [2.45, 2.75) is 57.2 Å². The van der Waals surface area contributed by atoms with Crippen LogP contribution in [0.2, 0.25) is 0 Å². The van der Waals surface area contributed by atoms with Crippen LogP contribution in [0, 0.1) is 6.92 Å². The molecule has 170 valence electrons. The molecule has 2 fully saturated rings.